The van der Waals surface area contributed by atoms with Crippen molar-refractivity contribution >= 4 is 11.6 Å². The minimum absolute atomic E-state index is 0.0174. The molecule has 146 valence electrons. The molecule has 1 N–H and O–H groups in total. The second-order valence-corrected chi connectivity index (χ2v) is 7.27. The van der Waals surface area contributed by atoms with Gasteiger partial charge >= 0.3 is 0 Å². The quantitative estimate of drug-likeness (QED) is 0.872. The molecule has 28 heavy (non-hydrogen) atoms. The molecule has 2 aliphatic heterocycles. The van der Waals surface area contributed by atoms with E-state index in [1.54, 1.807) is 30.7 Å². The highest BCUT2D eigenvalue weighted by molar-refractivity contribution is 5.95. The van der Waals surface area contributed by atoms with Crippen LogP contribution in [0.1, 0.15) is 31.2 Å². The molecular formula is C20H23N5O3. The van der Waals surface area contributed by atoms with Gasteiger partial charge in [0.2, 0.25) is 5.91 Å². The summed E-state index contributed by atoms with van der Waals surface area (Å²) in [7, 11) is 0. The third kappa shape index (κ3) is 3.51. The second-order valence-electron chi connectivity index (χ2n) is 7.27. The molecule has 4 heterocycles. The molecule has 2 aromatic rings. The number of nitrogens with zero attached hydrogens (tertiary/aromatic N) is 4. The van der Waals surface area contributed by atoms with E-state index in [4.69, 9.17) is 9.47 Å². The van der Waals surface area contributed by atoms with Crippen molar-refractivity contribution in [3.63, 3.8) is 0 Å². The van der Waals surface area contributed by atoms with Crippen molar-refractivity contribution in [2.24, 2.45) is 11.3 Å². The molecule has 4 rings (SSSR count). The van der Waals surface area contributed by atoms with Crippen LogP contribution < -0.4 is 5.32 Å². The Morgan fingerprint density at radius 2 is 2.00 bits per heavy atom. The Balaban J connectivity index is 1.55. The smallest absolute Gasteiger partial charge is 0.231 e. The average molecular weight is 381 g/mol. The SMILES string of the molecule is N#Cc1cccnc1-n1cc(NC(=O)C2(C3CCOCC3)CCOCC2)cn1. The number of aromatic nitrogens is 3. The number of nitriles is 1. The van der Waals surface area contributed by atoms with Crippen LogP contribution in [0, 0.1) is 22.7 Å². The van der Waals surface area contributed by atoms with Crippen LogP contribution in [0.25, 0.3) is 5.82 Å². The maximum Gasteiger partial charge on any atom is 0.231 e. The van der Waals surface area contributed by atoms with E-state index in [9.17, 15) is 10.1 Å². The van der Waals surface area contributed by atoms with Crippen LogP contribution >= 0.6 is 0 Å². The van der Waals surface area contributed by atoms with E-state index < -0.39 is 5.41 Å². The van der Waals surface area contributed by atoms with Gasteiger partial charge in [-0.15, -0.1) is 0 Å². The summed E-state index contributed by atoms with van der Waals surface area (Å²) < 4.78 is 12.5. The number of amides is 1. The summed E-state index contributed by atoms with van der Waals surface area (Å²) >= 11 is 0. The number of nitrogens with one attached hydrogen (secondary N) is 1. The number of carbonyl (C=O) groups excluding carboxylic acids is 1. The highest BCUT2D eigenvalue weighted by Gasteiger charge is 2.46. The fourth-order valence-electron chi connectivity index (χ4n) is 4.23. The van der Waals surface area contributed by atoms with Gasteiger partial charge in [-0.25, -0.2) is 9.67 Å². The molecule has 8 nitrogen and oxygen atoms in total. The molecular weight excluding hydrogens is 358 g/mol. The number of anilines is 1. The van der Waals surface area contributed by atoms with Crippen LogP contribution in [0.3, 0.4) is 0 Å². The van der Waals surface area contributed by atoms with Gasteiger partial charge in [0.1, 0.15) is 6.07 Å². The molecule has 0 spiro atoms. The van der Waals surface area contributed by atoms with E-state index in [1.807, 2.05) is 0 Å². The van der Waals surface area contributed by atoms with E-state index >= 15 is 0 Å². The van der Waals surface area contributed by atoms with Crippen molar-refractivity contribution in [3.05, 3.63) is 36.3 Å². The predicted octanol–water partition coefficient (Wildman–Crippen LogP) is 2.30. The summed E-state index contributed by atoms with van der Waals surface area (Å²) in [6.45, 7) is 2.61. The molecule has 2 aromatic heterocycles. The Labute approximate surface area is 163 Å². The summed E-state index contributed by atoms with van der Waals surface area (Å²) in [5, 5.41) is 16.6. The summed E-state index contributed by atoms with van der Waals surface area (Å²) in [5.74, 6) is 0.751. The number of hydrogen-bond acceptors (Lipinski definition) is 6. The minimum Gasteiger partial charge on any atom is -0.381 e. The molecule has 0 unspecified atom stereocenters. The van der Waals surface area contributed by atoms with Gasteiger partial charge in [-0.2, -0.15) is 10.4 Å². The van der Waals surface area contributed by atoms with E-state index in [0.29, 0.717) is 49.4 Å². The normalized spacial score (nSPS) is 19.7. The van der Waals surface area contributed by atoms with Crippen LogP contribution in [-0.2, 0) is 14.3 Å². The van der Waals surface area contributed by atoms with Crippen LogP contribution in [0.2, 0.25) is 0 Å². The second kappa shape index (κ2) is 8.09. The lowest BCUT2D eigenvalue weighted by Gasteiger charge is -2.43. The van der Waals surface area contributed by atoms with E-state index in [0.717, 1.165) is 25.7 Å². The molecule has 0 saturated carbocycles. The van der Waals surface area contributed by atoms with Gasteiger partial charge in [0.25, 0.3) is 0 Å². The number of hydrogen-bond donors (Lipinski definition) is 1. The van der Waals surface area contributed by atoms with Crippen molar-refractivity contribution in [2.45, 2.75) is 25.7 Å². The first-order valence-corrected chi connectivity index (χ1v) is 9.60. The summed E-state index contributed by atoms with van der Waals surface area (Å²) in [6.07, 6.45) is 8.12. The van der Waals surface area contributed by atoms with Crippen LogP contribution in [-0.4, -0.2) is 47.1 Å². The zero-order valence-corrected chi connectivity index (χ0v) is 15.6. The first-order valence-electron chi connectivity index (χ1n) is 9.60. The topological polar surface area (TPSA) is 102 Å². The maximum absolute atomic E-state index is 13.3. The molecule has 1 amide bonds. The molecule has 0 aliphatic carbocycles. The van der Waals surface area contributed by atoms with Crippen molar-refractivity contribution in [1.29, 1.82) is 5.26 Å². The van der Waals surface area contributed by atoms with Crippen LogP contribution in [0.4, 0.5) is 5.69 Å². The number of carbonyl (C=O) groups is 1. The van der Waals surface area contributed by atoms with Crippen molar-refractivity contribution in [2.75, 3.05) is 31.7 Å². The first kappa shape index (κ1) is 18.6. The summed E-state index contributed by atoms with van der Waals surface area (Å²) in [5.41, 5.74) is 0.580. The zero-order valence-electron chi connectivity index (χ0n) is 15.6. The molecule has 0 bridgehead atoms. The zero-order chi connectivity index (χ0) is 19.4. The maximum atomic E-state index is 13.3. The number of rotatable bonds is 4. The minimum atomic E-state index is -0.438. The van der Waals surface area contributed by atoms with Gasteiger partial charge in [-0.05, 0) is 43.7 Å². The lowest BCUT2D eigenvalue weighted by atomic mass is 9.66. The van der Waals surface area contributed by atoms with E-state index in [1.165, 1.54) is 4.68 Å². The third-order valence-corrected chi connectivity index (χ3v) is 5.80. The lowest BCUT2D eigenvalue weighted by molar-refractivity contribution is -0.139. The highest BCUT2D eigenvalue weighted by Crippen LogP contribution is 2.44. The third-order valence-electron chi connectivity index (χ3n) is 5.80. The lowest BCUT2D eigenvalue weighted by Crippen LogP contribution is -2.48. The monoisotopic (exact) mass is 381 g/mol. The molecule has 2 aliphatic rings. The van der Waals surface area contributed by atoms with Gasteiger partial charge in [0, 0.05) is 32.6 Å². The van der Waals surface area contributed by atoms with Crippen LogP contribution in [0.5, 0.6) is 0 Å². The van der Waals surface area contributed by atoms with Gasteiger partial charge in [0.05, 0.1) is 29.1 Å². The van der Waals surface area contributed by atoms with Crippen LogP contribution in [0.15, 0.2) is 30.7 Å². The predicted molar refractivity (Wildman–Crippen MR) is 101 cm³/mol. The molecule has 8 heteroatoms. The summed E-state index contributed by atoms with van der Waals surface area (Å²) in [4.78, 5) is 17.6. The average Bonchev–Trinajstić information content (AvgIpc) is 3.23. The molecule has 0 radical (unpaired) electrons. The Bertz CT molecular complexity index is 876. The molecule has 0 aromatic carbocycles. The molecule has 2 saturated heterocycles. The van der Waals surface area contributed by atoms with Crippen molar-refractivity contribution in [1.82, 2.24) is 14.8 Å². The van der Waals surface area contributed by atoms with E-state index in [-0.39, 0.29) is 5.91 Å². The van der Waals surface area contributed by atoms with Crippen molar-refractivity contribution in [3.8, 4) is 11.9 Å². The highest BCUT2D eigenvalue weighted by atomic mass is 16.5. The number of pyridine rings is 1. The fourth-order valence-corrected chi connectivity index (χ4v) is 4.23. The first-order chi connectivity index (χ1) is 13.7. The Hall–Kier alpha value is -2.76. The Morgan fingerprint density at radius 3 is 2.75 bits per heavy atom. The molecule has 0 atom stereocenters. The Kier molecular flexibility index (Phi) is 5.37. The largest absolute Gasteiger partial charge is 0.381 e. The van der Waals surface area contributed by atoms with Gasteiger partial charge in [-0.3, -0.25) is 4.79 Å². The Morgan fingerprint density at radius 1 is 1.25 bits per heavy atom. The fraction of sp³-hybridized carbons (Fsp3) is 0.500. The molecule has 2 fully saturated rings. The van der Waals surface area contributed by atoms with Gasteiger partial charge < -0.3 is 14.8 Å². The van der Waals surface area contributed by atoms with Gasteiger partial charge in [-0.1, -0.05) is 0 Å². The van der Waals surface area contributed by atoms with Crippen molar-refractivity contribution < 1.29 is 14.3 Å². The standard InChI is InChI=1S/C20H23N5O3/c21-12-15-2-1-7-22-18(15)25-14-17(13-23-25)24-19(26)20(5-10-28-11-6-20)16-3-8-27-9-4-16/h1-2,7,13-14,16H,3-6,8-11H2,(H,24,26). The van der Waals surface area contributed by atoms with E-state index in [2.05, 4.69) is 21.5 Å². The van der Waals surface area contributed by atoms with Gasteiger partial charge in [0.15, 0.2) is 5.82 Å². The summed E-state index contributed by atoms with van der Waals surface area (Å²) in [6, 6.07) is 5.50. The number of ether oxygens (including phenoxy) is 2.